The smallest absolute Gasteiger partial charge is 0.145 e. The second kappa shape index (κ2) is 11.2. The Balaban J connectivity index is 3.60. The molecule has 0 aromatic heterocycles. The van der Waals surface area contributed by atoms with Crippen LogP contribution < -0.4 is 0 Å². The molecule has 0 unspecified atom stereocenters. The van der Waals surface area contributed by atoms with Gasteiger partial charge in [0.05, 0.1) is 6.10 Å². The molecular weight excluding hydrogens is 228 g/mol. The van der Waals surface area contributed by atoms with E-state index in [0.29, 0.717) is 6.10 Å². The molecule has 0 heterocycles. The predicted molar refractivity (Wildman–Crippen MR) is 78.4 cm³/mol. The minimum atomic E-state index is 0.463. The summed E-state index contributed by atoms with van der Waals surface area (Å²) in [5.74, 6) is 1.47. The number of ether oxygens (including phenoxy) is 1. The molecule has 0 aliphatic heterocycles. The maximum atomic E-state index is 6.01. The lowest BCUT2D eigenvalue weighted by atomic mass is 9.98. The zero-order valence-corrected chi connectivity index (χ0v) is 14.5. The van der Waals surface area contributed by atoms with Gasteiger partial charge in [-0.25, -0.2) is 0 Å². The summed E-state index contributed by atoms with van der Waals surface area (Å²) >= 11 is 0. The third-order valence-electron chi connectivity index (χ3n) is 2.81. The van der Waals surface area contributed by atoms with Crippen molar-refractivity contribution in [3.05, 3.63) is 0 Å². The topological polar surface area (TPSA) is 18.5 Å². The van der Waals surface area contributed by atoms with Crippen LogP contribution in [0, 0.1) is 11.8 Å². The van der Waals surface area contributed by atoms with Crippen molar-refractivity contribution in [2.75, 3.05) is 13.2 Å². The van der Waals surface area contributed by atoms with Gasteiger partial charge in [0.1, 0.15) is 10.5 Å². The minimum Gasteiger partial charge on any atom is -0.428 e. The Morgan fingerprint density at radius 2 is 1.35 bits per heavy atom. The van der Waals surface area contributed by atoms with Crippen molar-refractivity contribution < 1.29 is 9.16 Å². The van der Waals surface area contributed by atoms with Crippen molar-refractivity contribution in [2.24, 2.45) is 11.8 Å². The average Bonchev–Trinajstić information content (AvgIpc) is 2.21. The van der Waals surface area contributed by atoms with Crippen molar-refractivity contribution in [1.29, 1.82) is 0 Å². The Labute approximate surface area is 111 Å². The predicted octanol–water partition coefficient (Wildman–Crippen LogP) is 2.93. The molecule has 0 aliphatic carbocycles. The van der Waals surface area contributed by atoms with Crippen LogP contribution in [0.3, 0.4) is 0 Å². The van der Waals surface area contributed by atoms with Crippen molar-refractivity contribution in [3.8, 4) is 0 Å². The van der Waals surface area contributed by atoms with Crippen LogP contribution in [0.5, 0.6) is 0 Å². The Hall–Kier alpha value is 0.137. The van der Waals surface area contributed by atoms with E-state index >= 15 is 0 Å². The molecule has 0 radical (unpaired) electrons. The van der Waals surface area contributed by atoms with E-state index in [4.69, 9.17) is 9.16 Å². The molecule has 104 valence electrons. The van der Waals surface area contributed by atoms with Crippen molar-refractivity contribution in [1.82, 2.24) is 0 Å². The van der Waals surface area contributed by atoms with E-state index in [2.05, 4.69) is 27.7 Å². The monoisotopic (exact) mass is 260 g/mol. The van der Waals surface area contributed by atoms with Gasteiger partial charge >= 0.3 is 0 Å². The van der Waals surface area contributed by atoms with Gasteiger partial charge in [0.15, 0.2) is 0 Å². The van der Waals surface area contributed by atoms with Crippen LogP contribution in [0.15, 0.2) is 0 Å². The van der Waals surface area contributed by atoms with E-state index in [9.17, 15) is 0 Å². The first-order valence-corrected chi connectivity index (χ1v) is 7.98. The molecule has 0 aliphatic rings. The number of rotatable bonds is 11. The van der Waals surface area contributed by atoms with Crippen LogP contribution in [0.25, 0.3) is 0 Å². The van der Waals surface area contributed by atoms with Crippen LogP contribution in [0.1, 0.15) is 59.8 Å². The summed E-state index contributed by atoms with van der Waals surface area (Å²) in [5, 5.41) is 0. The maximum absolute atomic E-state index is 6.01. The quantitative estimate of drug-likeness (QED) is 0.420. The first kappa shape index (κ1) is 17.1. The van der Waals surface area contributed by atoms with Crippen molar-refractivity contribution >= 4 is 10.5 Å². The molecule has 0 amide bonds. The van der Waals surface area contributed by atoms with Crippen molar-refractivity contribution in [2.45, 2.75) is 65.9 Å². The zero-order valence-electron chi connectivity index (χ0n) is 12.5. The second-order valence-corrected chi connectivity index (χ2v) is 6.38. The van der Waals surface area contributed by atoms with Gasteiger partial charge in [-0.2, -0.15) is 0 Å². The first-order chi connectivity index (χ1) is 8.06. The lowest BCUT2D eigenvalue weighted by molar-refractivity contribution is 0.0233. The summed E-state index contributed by atoms with van der Waals surface area (Å²) in [7, 11) is 0.871. The lowest BCUT2D eigenvalue weighted by Gasteiger charge is -2.21. The van der Waals surface area contributed by atoms with Gasteiger partial charge in [-0.15, -0.1) is 0 Å². The second-order valence-electron chi connectivity index (χ2n) is 5.81. The molecule has 0 spiro atoms. The van der Waals surface area contributed by atoms with E-state index in [-0.39, 0.29) is 0 Å². The molecule has 0 bridgehead atoms. The highest BCUT2D eigenvalue weighted by Gasteiger charge is 2.12. The van der Waals surface area contributed by atoms with E-state index < -0.39 is 0 Å². The highest BCUT2D eigenvalue weighted by molar-refractivity contribution is 5.97. The van der Waals surface area contributed by atoms with Crippen LogP contribution in [-0.4, -0.2) is 29.8 Å². The summed E-state index contributed by atoms with van der Waals surface area (Å²) < 4.78 is 11.2. The van der Waals surface area contributed by atoms with E-state index in [0.717, 1.165) is 35.5 Å². The zero-order chi connectivity index (χ0) is 13.1. The Morgan fingerprint density at radius 3 is 1.82 bits per heavy atom. The molecule has 2 nitrogen and oxygen atoms in total. The van der Waals surface area contributed by atoms with Gasteiger partial charge in [-0.3, -0.25) is 0 Å². The SMILES string of the molecule is CC(C)CC(CC(C)C)OCCCCCO[SiH3]. The normalized spacial score (nSPS) is 12.2. The van der Waals surface area contributed by atoms with Gasteiger partial charge in [0, 0.05) is 13.2 Å². The molecule has 3 heteroatoms. The maximum Gasteiger partial charge on any atom is 0.145 e. The molecule has 0 N–H and O–H groups in total. The standard InChI is InChI=1S/C14H32O2Si/c1-12(2)10-14(11-13(3)4)15-8-6-5-7-9-16-17/h12-14H,5-11H2,1-4,17H3. The lowest BCUT2D eigenvalue weighted by Crippen LogP contribution is -2.18. The van der Waals surface area contributed by atoms with E-state index in [1.807, 2.05) is 0 Å². The van der Waals surface area contributed by atoms with Gasteiger partial charge < -0.3 is 9.16 Å². The van der Waals surface area contributed by atoms with Crippen LogP contribution in [0.2, 0.25) is 0 Å². The molecule has 0 saturated carbocycles. The summed E-state index contributed by atoms with van der Waals surface area (Å²) in [5.41, 5.74) is 0. The fraction of sp³-hybridized carbons (Fsp3) is 1.00. The molecular formula is C14H32O2Si. The molecule has 0 rings (SSSR count). The van der Waals surface area contributed by atoms with E-state index in [1.54, 1.807) is 0 Å². The van der Waals surface area contributed by atoms with Gasteiger partial charge in [0.2, 0.25) is 0 Å². The highest BCUT2D eigenvalue weighted by atomic mass is 28.2. The Morgan fingerprint density at radius 1 is 0.824 bits per heavy atom. The highest BCUT2D eigenvalue weighted by Crippen LogP contribution is 2.17. The Kier molecular flexibility index (Phi) is 11.3. The summed E-state index contributed by atoms with van der Waals surface area (Å²) in [6, 6.07) is 0. The number of unbranched alkanes of at least 4 members (excludes halogenated alkanes) is 2. The van der Waals surface area contributed by atoms with Gasteiger partial charge in [-0.05, 0) is 43.9 Å². The molecule has 0 atom stereocenters. The first-order valence-electron chi connectivity index (χ1n) is 7.16. The summed E-state index contributed by atoms with van der Waals surface area (Å²) in [4.78, 5) is 0. The van der Waals surface area contributed by atoms with E-state index in [1.165, 1.54) is 32.1 Å². The van der Waals surface area contributed by atoms with Crippen molar-refractivity contribution in [3.63, 3.8) is 0 Å². The largest absolute Gasteiger partial charge is 0.428 e. The van der Waals surface area contributed by atoms with Crippen LogP contribution in [0.4, 0.5) is 0 Å². The third kappa shape index (κ3) is 12.4. The molecule has 0 aromatic carbocycles. The minimum absolute atomic E-state index is 0.463. The fourth-order valence-electron chi connectivity index (χ4n) is 2.06. The Bertz CT molecular complexity index is 150. The fourth-order valence-corrected chi connectivity index (χ4v) is 2.35. The summed E-state index contributed by atoms with van der Waals surface area (Å²) in [6.07, 6.45) is 6.45. The molecule has 0 aromatic rings. The van der Waals surface area contributed by atoms with Gasteiger partial charge in [0.25, 0.3) is 0 Å². The molecule has 0 fully saturated rings. The number of hydrogen-bond donors (Lipinski definition) is 0. The van der Waals surface area contributed by atoms with Crippen LogP contribution in [-0.2, 0) is 9.16 Å². The molecule has 17 heavy (non-hydrogen) atoms. The van der Waals surface area contributed by atoms with Gasteiger partial charge in [-0.1, -0.05) is 27.7 Å². The average molecular weight is 260 g/mol. The van der Waals surface area contributed by atoms with Crippen LogP contribution >= 0.6 is 0 Å². The third-order valence-corrected chi connectivity index (χ3v) is 3.22. The summed E-state index contributed by atoms with van der Waals surface area (Å²) in [6.45, 7) is 11.0. The molecule has 0 saturated heterocycles. The number of hydrogen-bond acceptors (Lipinski definition) is 2.